The number of aryl methyl sites for hydroxylation is 3. The number of hydrogen-bond donors (Lipinski definition) is 3. The second kappa shape index (κ2) is 3.93. The Bertz CT molecular complexity index is 548. The van der Waals surface area contributed by atoms with E-state index in [1.54, 1.807) is 24.9 Å². The molecular formula is C10H14N6O. The summed E-state index contributed by atoms with van der Waals surface area (Å²) in [5.41, 5.74) is 8.04. The Morgan fingerprint density at radius 1 is 1.53 bits per heavy atom. The van der Waals surface area contributed by atoms with Gasteiger partial charge in [-0.3, -0.25) is 14.6 Å². The van der Waals surface area contributed by atoms with Crippen molar-refractivity contribution in [2.45, 2.75) is 13.8 Å². The number of anilines is 2. The number of carbonyl (C=O) groups excluding carboxylic acids is 1. The largest absolute Gasteiger partial charge is 0.382 e. The number of hydrogen-bond acceptors (Lipinski definition) is 4. The van der Waals surface area contributed by atoms with E-state index in [0.717, 1.165) is 5.69 Å². The van der Waals surface area contributed by atoms with Crippen molar-refractivity contribution in [2.24, 2.45) is 7.05 Å². The fourth-order valence-corrected chi connectivity index (χ4v) is 1.64. The van der Waals surface area contributed by atoms with Crippen LogP contribution in [0.2, 0.25) is 0 Å². The highest BCUT2D eigenvalue weighted by atomic mass is 16.1. The molecule has 0 unspecified atom stereocenters. The first kappa shape index (κ1) is 11.2. The van der Waals surface area contributed by atoms with Crippen LogP contribution in [0.15, 0.2) is 6.20 Å². The van der Waals surface area contributed by atoms with Gasteiger partial charge in [0.1, 0.15) is 5.56 Å². The molecule has 0 fully saturated rings. The molecule has 0 aliphatic rings. The van der Waals surface area contributed by atoms with Crippen molar-refractivity contribution in [3.05, 3.63) is 23.1 Å². The lowest BCUT2D eigenvalue weighted by atomic mass is 10.2. The van der Waals surface area contributed by atoms with Crippen LogP contribution in [0.4, 0.5) is 11.5 Å². The topological polar surface area (TPSA) is 102 Å². The summed E-state index contributed by atoms with van der Waals surface area (Å²) < 4.78 is 1.64. The lowest BCUT2D eigenvalue weighted by Crippen LogP contribution is -2.14. The van der Waals surface area contributed by atoms with Crippen LogP contribution in [0, 0.1) is 13.8 Å². The van der Waals surface area contributed by atoms with Crippen molar-refractivity contribution >= 4 is 17.4 Å². The summed E-state index contributed by atoms with van der Waals surface area (Å²) in [7, 11) is 1.79. The first-order valence-corrected chi connectivity index (χ1v) is 5.11. The predicted molar refractivity (Wildman–Crippen MR) is 63.6 cm³/mol. The molecule has 2 rings (SSSR count). The van der Waals surface area contributed by atoms with Crippen LogP contribution in [0.5, 0.6) is 0 Å². The zero-order chi connectivity index (χ0) is 12.6. The van der Waals surface area contributed by atoms with Crippen molar-refractivity contribution < 1.29 is 4.79 Å². The molecule has 2 aromatic heterocycles. The van der Waals surface area contributed by atoms with Crippen molar-refractivity contribution in [1.29, 1.82) is 0 Å². The molecule has 7 heteroatoms. The van der Waals surface area contributed by atoms with Crippen molar-refractivity contribution in [3.63, 3.8) is 0 Å². The standard InChI is InChI=1S/C10H14N6O/c1-5-7(4-16(3)15-5)12-10(17)8-6(2)13-14-9(8)11/h4H,1-3H3,(H,12,17)(H3,11,13,14). The fourth-order valence-electron chi connectivity index (χ4n) is 1.64. The number of nitrogen functional groups attached to an aromatic ring is 1. The minimum absolute atomic E-state index is 0.196. The molecule has 4 N–H and O–H groups in total. The highest BCUT2D eigenvalue weighted by Crippen LogP contribution is 2.17. The third-order valence-electron chi connectivity index (χ3n) is 2.46. The summed E-state index contributed by atoms with van der Waals surface area (Å²) in [6.07, 6.45) is 1.73. The van der Waals surface area contributed by atoms with Crippen LogP contribution in [0.25, 0.3) is 0 Å². The molecule has 2 aromatic rings. The van der Waals surface area contributed by atoms with Gasteiger partial charge in [-0.1, -0.05) is 0 Å². The molecular weight excluding hydrogens is 220 g/mol. The second-order valence-electron chi connectivity index (χ2n) is 3.86. The lowest BCUT2D eigenvalue weighted by Gasteiger charge is -2.03. The van der Waals surface area contributed by atoms with Crippen molar-refractivity contribution in [2.75, 3.05) is 11.1 Å². The quantitative estimate of drug-likeness (QED) is 0.707. The Labute approximate surface area is 98.0 Å². The SMILES string of the molecule is Cc1nn(C)cc1NC(=O)c1c(N)n[nH]c1C. The van der Waals surface area contributed by atoms with Crippen molar-refractivity contribution in [1.82, 2.24) is 20.0 Å². The smallest absolute Gasteiger partial charge is 0.261 e. The third kappa shape index (κ3) is 1.99. The van der Waals surface area contributed by atoms with E-state index in [9.17, 15) is 4.79 Å². The van der Waals surface area contributed by atoms with E-state index in [2.05, 4.69) is 20.6 Å². The molecule has 17 heavy (non-hydrogen) atoms. The van der Waals surface area contributed by atoms with E-state index in [-0.39, 0.29) is 11.7 Å². The predicted octanol–water partition coefficient (Wildman–Crippen LogP) is 0.595. The van der Waals surface area contributed by atoms with E-state index in [4.69, 9.17) is 5.73 Å². The highest BCUT2D eigenvalue weighted by molar-refractivity contribution is 6.08. The van der Waals surface area contributed by atoms with Crippen LogP contribution < -0.4 is 11.1 Å². The van der Waals surface area contributed by atoms with Crippen LogP contribution in [-0.2, 0) is 7.05 Å². The molecule has 0 saturated heterocycles. The van der Waals surface area contributed by atoms with Gasteiger partial charge < -0.3 is 11.1 Å². The lowest BCUT2D eigenvalue weighted by molar-refractivity contribution is 0.102. The van der Waals surface area contributed by atoms with Gasteiger partial charge in [0.25, 0.3) is 5.91 Å². The van der Waals surface area contributed by atoms with Gasteiger partial charge in [0.05, 0.1) is 11.4 Å². The maximum absolute atomic E-state index is 12.0. The molecule has 0 bridgehead atoms. The van der Waals surface area contributed by atoms with Gasteiger partial charge in [0, 0.05) is 18.9 Å². The molecule has 0 saturated carbocycles. The number of carbonyl (C=O) groups is 1. The minimum Gasteiger partial charge on any atom is -0.382 e. The molecule has 0 spiro atoms. The maximum Gasteiger partial charge on any atom is 0.261 e. The number of rotatable bonds is 2. The van der Waals surface area contributed by atoms with Gasteiger partial charge in [0.2, 0.25) is 0 Å². The summed E-state index contributed by atoms with van der Waals surface area (Å²) in [5, 5.41) is 13.3. The number of amides is 1. The monoisotopic (exact) mass is 234 g/mol. The van der Waals surface area contributed by atoms with Crippen molar-refractivity contribution in [3.8, 4) is 0 Å². The molecule has 90 valence electrons. The van der Waals surface area contributed by atoms with E-state index >= 15 is 0 Å². The van der Waals surface area contributed by atoms with E-state index in [1.165, 1.54) is 0 Å². The maximum atomic E-state index is 12.0. The summed E-state index contributed by atoms with van der Waals surface area (Å²) in [6.45, 7) is 3.57. The third-order valence-corrected chi connectivity index (χ3v) is 2.46. The molecule has 7 nitrogen and oxygen atoms in total. The van der Waals surface area contributed by atoms with E-state index < -0.39 is 0 Å². The second-order valence-corrected chi connectivity index (χ2v) is 3.86. The first-order valence-electron chi connectivity index (χ1n) is 5.11. The number of aromatic nitrogens is 4. The Balaban J connectivity index is 2.26. The first-order chi connectivity index (χ1) is 7.99. The zero-order valence-electron chi connectivity index (χ0n) is 9.90. The zero-order valence-corrected chi connectivity index (χ0v) is 9.90. The van der Waals surface area contributed by atoms with Crippen LogP contribution in [0.1, 0.15) is 21.7 Å². The van der Waals surface area contributed by atoms with Gasteiger partial charge in [-0.25, -0.2) is 0 Å². The molecule has 2 heterocycles. The summed E-state index contributed by atoms with van der Waals surface area (Å²) in [6, 6.07) is 0. The molecule has 1 amide bonds. The van der Waals surface area contributed by atoms with E-state index in [0.29, 0.717) is 16.9 Å². The minimum atomic E-state index is -0.287. The average Bonchev–Trinajstić information content (AvgIpc) is 2.71. The molecule has 0 aromatic carbocycles. The highest BCUT2D eigenvalue weighted by Gasteiger charge is 2.17. The molecule has 0 radical (unpaired) electrons. The van der Waals surface area contributed by atoms with Gasteiger partial charge in [0.15, 0.2) is 5.82 Å². The number of nitrogens with two attached hydrogens (primary N) is 1. The van der Waals surface area contributed by atoms with Gasteiger partial charge in [-0.15, -0.1) is 0 Å². The van der Waals surface area contributed by atoms with Crippen LogP contribution in [0.3, 0.4) is 0 Å². The van der Waals surface area contributed by atoms with Crippen LogP contribution in [-0.4, -0.2) is 25.9 Å². The Hall–Kier alpha value is -2.31. The Morgan fingerprint density at radius 2 is 2.24 bits per heavy atom. The fraction of sp³-hybridized carbons (Fsp3) is 0.300. The summed E-state index contributed by atoms with van der Waals surface area (Å²) in [4.78, 5) is 12.0. The number of aromatic amines is 1. The number of nitrogens with one attached hydrogen (secondary N) is 2. The van der Waals surface area contributed by atoms with Crippen LogP contribution >= 0.6 is 0 Å². The normalized spacial score (nSPS) is 10.5. The Morgan fingerprint density at radius 3 is 2.71 bits per heavy atom. The van der Waals surface area contributed by atoms with Gasteiger partial charge in [-0.05, 0) is 13.8 Å². The number of nitrogens with zero attached hydrogens (tertiary/aromatic N) is 3. The Kier molecular flexibility index (Phi) is 2.58. The molecule has 0 aliphatic heterocycles. The molecule has 0 aliphatic carbocycles. The summed E-state index contributed by atoms with van der Waals surface area (Å²) >= 11 is 0. The molecule has 0 atom stereocenters. The average molecular weight is 234 g/mol. The van der Waals surface area contributed by atoms with Gasteiger partial charge >= 0.3 is 0 Å². The van der Waals surface area contributed by atoms with E-state index in [1.807, 2.05) is 6.92 Å². The summed E-state index contributed by atoms with van der Waals surface area (Å²) in [5.74, 6) is -0.0913. The van der Waals surface area contributed by atoms with Gasteiger partial charge in [-0.2, -0.15) is 10.2 Å². The number of H-pyrrole nitrogens is 1.